The fourth-order valence-electron chi connectivity index (χ4n) is 2.83. The Morgan fingerprint density at radius 3 is 2.48 bits per heavy atom. The maximum absolute atomic E-state index is 12.3. The van der Waals surface area contributed by atoms with Crippen LogP contribution in [0.2, 0.25) is 0 Å². The Morgan fingerprint density at radius 2 is 1.86 bits per heavy atom. The first-order valence-corrected chi connectivity index (χ1v) is 8.56. The fraction of sp³-hybridized carbons (Fsp3) is 0.211. The van der Waals surface area contributed by atoms with E-state index in [1.54, 1.807) is 48.4 Å². The highest BCUT2D eigenvalue weighted by Gasteiger charge is 2.38. The number of halogens is 3. The van der Waals surface area contributed by atoms with E-state index < -0.39 is 12.0 Å². The van der Waals surface area contributed by atoms with Crippen LogP contribution < -0.4 is 9.47 Å². The van der Waals surface area contributed by atoms with Crippen molar-refractivity contribution in [3.8, 4) is 17.3 Å². The second-order valence-electron chi connectivity index (χ2n) is 6.46. The molecule has 1 aliphatic rings. The minimum atomic E-state index is -4.74. The molecule has 0 unspecified atom stereocenters. The molecule has 7 nitrogen and oxygen atoms in total. The van der Waals surface area contributed by atoms with Crippen molar-refractivity contribution in [2.75, 3.05) is 0 Å². The molecule has 0 saturated heterocycles. The number of aromatic nitrogens is 3. The topological polar surface area (TPSA) is 70.8 Å². The van der Waals surface area contributed by atoms with Gasteiger partial charge in [-0.15, -0.1) is 13.2 Å². The molecule has 4 rings (SSSR count). The van der Waals surface area contributed by atoms with Crippen molar-refractivity contribution in [1.82, 2.24) is 14.8 Å². The summed E-state index contributed by atoms with van der Waals surface area (Å²) in [7, 11) is 0. The van der Waals surface area contributed by atoms with Crippen molar-refractivity contribution in [3.63, 3.8) is 0 Å². The number of pyridine rings is 1. The molecule has 1 aliphatic heterocycles. The van der Waals surface area contributed by atoms with E-state index in [0.29, 0.717) is 29.4 Å². The molecule has 29 heavy (non-hydrogen) atoms. The molecule has 0 spiro atoms. The van der Waals surface area contributed by atoms with E-state index in [0.717, 1.165) is 0 Å². The Bertz CT molecular complexity index is 1000. The number of oxime groups is 1. The summed E-state index contributed by atoms with van der Waals surface area (Å²) in [6.45, 7) is 1.77. The van der Waals surface area contributed by atoms with E-state index in [1.807, 2.05) is 0 Å². The summed E-state index contributed by atoms with van der Waals surface area (Å²) >= 11 is 0. The third-order valence-corrected chi connectivity index (χ3v) is 4.23. The van der Waals surface area contributed by atoms with Gasteiger partial charge >= 0.3 is 6.36 Å². The lowest BCUT2D eigenvalue weighted by atomic mass is 9.93. The largest absolute Gasteiger partial charge is 0.573 e. The molecular formula is C19H15F3N4O3. The number of hydrogen-bond donors (Lipinski definition) is 0. The molecule has 1 atom stereocenters. The summed E-state index contributed by atoms with van der Waals surface area (Å²) in [5.74, 6) is 1.14. The van der Waals surface area contributed by atoms with Gasteiger partial charge in [0.1, 0.15) is 11.5 Å². The fourth-order valence-corrected chi connectivity index (χ4v) is 2.83. The number of alkyl halides is 3. The van der Waals surface area contributed by atoms with E-state index in [9.17, 15) is 13.2 Å². The zero-order valence-electron chi connectivity index (χ0n) is 15.1. The highest BCUT2D eigenvalue weighted by molar-refractivity contribution is 5.80. The Hall–Kier alpha value is -3.56. The first kappa shape index (κ1) is 18.8. The molecule has 3 heterocycles. The SMILES string of the molecule is C[C@]1(c2ccc(OC(F)(F)F)cc2)CC(Oc2ccc(-n3cccn3)nc2)=NO1. The second kappa shape index (κ2) is 7.12. The summed E-state index contributed by atoms with van der Waals surface area (Å²) in [5, 5.41) is 8.05. The van der Waals surface area contributed by atoms with Gasteiger partial charge in [0, 0.05) is 12.4 Å². The van der Waals surface area contributed by atoms with Gasteiger partial charge in [0.05, 0.1) is 12.6 Å². The summed E-state index contributed by atoms with van der Waals surface area (Å²) in [5.41, 5.74) is -0.226. The van der Waals surface area contributed by atoms with Crippen molar-refractivity contribution in [3.05, 3.63) is 66.6 Å². The van der Waals surface area contributed by atoms with Gasteiger partial charge in [0.2, 0.25) is 5.90 Å². The molecule has 0 radical (unpaired) electrons. The predicted molar refractivity (Wildman–Crippen MR) is 95.6 cm³/mol. The number of rotatable bonds is 4. The normalized spacial score (nSPS) is 18.8. The zero-order valence-corrected chi connectivity index (χ0v) is 15.1. The molecule has 1 aromatic carbocycles. The average molecular weight is 404 g/mol. The van der Waals surface area contributed by atoms with Gasteiger partial charge in [0.25, 0.3) is 0 Å². The van der Waals surface area contributed by atoms with Gasteiger partial charge < -0.3 is 14.3 Å². The number of benzene rings is 1. The average Bonchev–Trinajstić information content (AvgIpc) is 3.33. The molecule has 0 N–H and O–H groups in total. The quantitative estimate of drug-likeness (QED) is 0.652. The predicted octanol–water partition coefficient (Wildman–Crippen LogP) is 4.19. The van der Waals surface area contributed by atoms with E-state index in [4.69, 9.17) is 9.57 Å². The lowest BCUT2D eigenvalue weighted by Gasteiger charge is -2.21. The molecule has 10 heteroatoms. The van der Waals surface area contributed by atoms with Crippen LogP contribution in [-0.4, -0.2) is 27.0 Å². The molecule has 0 saturated carbocycles. The van der Waals surface area contributed by atoms with Crippen LogP contribution in [0.25, 0.3) is 5.82 Å². The van der Waals surface area contributed by atoms with E-state index in [-0.39, 0.29) is 5.75 Å². The molecule has 150 valence electrons. The van der Waals surface area contributed by atoms with Crippen LogP contribution in [0.3, 0.4) is 0 Å². The standard InChI is InChI=1S/C19H15F3N4O3/c1-18(13-3-5-14(6-4-13)28-19(20,21)22)11-17(25-29-18)27-15-7-8-16(23-12-15)26-10-2-9-24-26/h2-10,12H,11H2,1H3/t18-/m1/s1. The molecule has 3 aromatic rings. The first-order chi connectivity index (χ1) is 13.8. The number of nitrogens with zero attached hydrogens (tertiary/aromatic N) is 4. The number of ether oxygens (including phenoxy) is 2. The summed E-state index contributed by atoms with van der Waals surface area (Å²) < 4.78 is 48.1. The van der Waals surface area contributed by atoms with Crippen LogP contribution >= 0.6 is 0 Å². The van der Waals surface area contributed by atoms with Gasteiger partial charge in [-0.25, -0.2) is 9.67 Å². The third-order valence-electron chi connectivity index (χ3n) is 4.23. The molecule has 0 bridgehead atoms. The molecule has 0 amide bonds. The smallest absolute Gasteiger partial charge is 0.438 e. The van der Waals surface area contributed by atoms with Crippen molar-refractivity contribution < 1.29 is 27.5 Å². The Labute approximate surface area is 163 Å². The molecule has 0 fully saturated rings. The van der Waals surface area contributed by atoms with E-state index >= 15 is 0 Å². The van der Waals surface area contributed by atoms with Crippen LogP contribution in [0, 0.1) is 0 Å². The van der Waals surface area contributed by atoms with Gasteiger partial charge in [-0.1, -0.05) is 17.3 Å². The molecule has 2 aromatic heterocycles. The number of hydrogen-bond acceptors (Lipinski definition) is 6. The van der Waals surface area contributed by atoms with Crippen LogP contribution in [-0.2, 0) is 10.4 Å². The zero-order chi connectivity index (χ0) is 20.5. The third kappa shape index (κ3) is 4.31. The van der Waals surface area contributed by atoms with Crippen LogP contribution in [0.4, 0.5) is 13.2 Å². The van der Waals surface area contributed by atoms with Gasteiger partial charge in [-0.3, -0.25) is 0 Å². The Kier molecular flexibility index (Phi) is 4.61. The van der Waals surface area contributed by atoms with Crippen molar-refractivity contribution in [2.45, 2.75) is 25.3 Å². The monoisotopic (exact) mass is 404 g/mol. The van der Waals surface area contributed by atoms with E-state index in [2.05, 4.69) is 20.0 Å². The van der Waals surface area contributed by atoms with Crippen LogP contribution in [0.5, 0.6) is 11.5 Å². The lowest BCUT2D eigenvalue weighted by molar-refractivity contribution is -0.274. The van der Waals surface area contributed by atoms with Crippen LogP contribution in [0.1, 0.15) is 18.9 Å². The van der Waals surface area contributed by atoms with Crippen molar-refractivity contribution >= 4 is 5.90 Å². The summed E-state index contributed by atoms with van der Waals surface area (Å²) in [4.78, 5) is 9.77. The second-order valence-corrected chi connectivity index (χ2v) is 6.46. The van der Waals surface area contributed by atoms with Gasteiger partial charge in [0.15, 0.2) is 11.4 Å². The maximum Gasteiger partial charge on any atom is 0.573 e. The summed E-state index contributed by atoms with van der Waals surface area (Å²) in [6.07, 6.45) is 0.528. The van der Waals surface area contributed by atoms with Crippen molar-refractivity contribution in [2.24, 2.45) is 5.16 Å². The van der Waals surface area contributed by atoms with E-state index in [1.165, 1.54) is 24.3 Å². The van der Waals surface area contributed by atoms with Crippen molar-refractivity contribution in [1.29, 1.82) is 0 Å². The highest BCUT2D eigenvalue weighted by Crippen LogP contribution is 2.36. The Balaban J connectivity index is 1.40. The minimum Gasteiger partial charge on any atom is -0.438 e. The van der Waals surface area contributed by atoms with Gasteiger partial charge in [-0.2, -0.15) is 5.10 Å². The lowest BCUT2D eigenvalue weighted by Crippen LogP contribution is -2.23. The van der Waals surface area contributed by atoms with Crippen LogP contribution in [0.15, 0.2) is 66.2 Å². The van der Waals surface area contributed by atoms with Gasteiger partial charge in [-0.05, 0) is 42.8 Å². The molecule has 0 aliphatic carbocycles. The first-order valence-electron chi connectivity index (χ1n) is 8.56. The molecular weight excluding hydrogens is 389 g/mol. The minimum absolute atomic E-state index is 0.299. The Morgan fingerprint density at radius 1 is 1.10 bits per heavy atom. The maximum atomic E-state index is 12.3. The summed E-state index contributed by atoms with van der Waals surface area (Å²) in [6, 6.07) is 10.7. The highest BCUT2D eigenvalue weighted by atomic mass is 19.4.